The lowest BCUT2D eigenvalue weighted by Crippen LogP contribution is -2.13. The second-order valence-electron chi connectivity index (χ2n) is 6.01. The number of alkyl halides is 3. The van der Waals surface area contributed by atoms with Crippen molar-refractivity contribution >= 4 is 34.7 Å². The summed E-state index contributed by atoms with van der Waals surface area (Å²) >= 11 is 6.00. The van der Waals surface area contributed by atoms with E-state index in [1.165, 1.54) is 30.0 Å². The molecule has 28 heavy (non-hydrogen) atoms. The number of anilines is 2. The number of ether oxygens (including phenoxy) is 1. The van der Waals surface area contributed by atoms with Crippen LogP contribution in [0, 0.1) is 0 Å². The maximum absolute atomic E-state index is 13.0. The Morgan fingerprint density at radius 2 is 2.00 bits per heavy atom. The Kier molecular flexibility index (Phi) is 5.07. The van der Waals surface area contributed by atoms with E-state index in [4.69, 9.17) is 17.3 Å². The Labute approximate surface area is 162 Å². The van der Waals surface area contributed by atoms with Crippen LogP contribution in [0.3, 0.4) is 0 Å². The van der Waals surface area contributed by atoms with Crippen molar-refractivity contribution in [2.45, 2.75) is 19.1 Å². The quantitative estimate of drug-likeness (QED) is 0.497. The molecule has 0 amide bonds. The Morgan fingerprint density at radius 1 is 1.29 bits per heavy atom. The number of carbonyl (C=O) groups excluding carboxylic acids is 1. The van der Waals surface area contributed by atoms with Gasteiger partial charge in [-0.25, -0.2) is 14.8 Å². The highest BCUT2D eigenvalue weighted by atomic mass is 35.5. The van der Waals surface area contributed by atoms with Crippen LogP contribution in [0.1, 0.15) is 34.6 Å². The minimum Gasteiger partial charge on any atom is -0.464 e. The number of nitrogens with one attached hydrogen (secondary N) is 1. The number of hydrogen-bond acceptors (Lipinski definition) is 6. The molecular formula is C17H15ClF3N5O2. The molecule has 0 bridgehead atoms. The van der Waals surface area contributed by atoms with E-state index in [0.717, 1.165) is 12.1 Å². The molecule has 2 aromatic heterocycles. The average molecular weight is 414 g/mol. The molecule has 0 saturated heterocycles. The van der Waals surface area contributed by atoms with Crippen LogP contribution in [0.5, 0.6) is 0 Å². The first-order valence-electron chi connectivity index (χ1n) is 7.96. The molecule has 3 rings (SSSR count). The summed E-state index contributed by atoms with van der Waals surface area (Å²) < 4.78 is 45.3. The number of benzene rings is 1. The van der Waals surface area contributed by atoms with Crippen molar-refractivity contribution in [2.24, 2.45) is 0 Å². The van der Waals surface area contributed by atoms with Gasteiger partial charge in [0.05, 0.1) is 18.7 Å². The molecule has 0 aliphatic rings. The summed E-state index contributed by atoms with van der Waals surface area (Å²) in [4.78, 5) is 20.0. The number of nitrogens with zero attached hydrogens (tertiary/aromatic N) is 3. The number of hydrogen-bond donors (Lipinski definition) is 2. The van der Waals surface area contributed by atoms with Gasteiger partial charge in [0, 0.05) is 18.1 Å². The number of methoxy groups -OCH3 is 1. The maximum atomic E-state index is 13.0. The van der Waals surface area contributed by atoms with Crippen molar-refractivity contribution in [1.82, 2.24) is 14.4 Å². The van der Waals surface area contributed by atoms with Gasteiger partial charge >= 0.3 is 12.1 Å². The summed E-state index contributed by atoms with van der Waals surface area (Å²) in [5.74, 6) is -0.462. The molecule has 0 radical (unpaired) electrons. The molecule has 0 spiro atoms. The van der Waals surface area contributed by atoms with E-state index in [1.54, 1.807) is 6.92 Å². The topological polar surface area (TPSA) is 94.5 Å². The van der Waals surface area contributed by atoms with E-state index in [-0.39, 0.29) is 28.0 Å². The SMILES string of the molecule is COC(=O)c1cn2cc(Cl)nc(N[C@H](C)c3cc(N)cc(C(F)(F)F)c3)c2n1. The number of nitrogen functional groups attached to an aromatic ring is 1. The van der Waals surface area contributed by atoms with E-state index in [2.05, 4.69) is 20.0 Å². The maximum Gasteiger partial charge on any atom is 0.416 e. The number of fused-ring (bicyclic) bond motifs is 1. The normalized spacial score (nSPS) is 12.8. The highest BCUT2D eigenvalue weighted by molar-refractivity contribution is 6.29. The van der Waals surface area contributed by atoms with Gasteiger partial charge in [-0.15, -0.1) is 0 Å². The number of imidazole rings is 1. The summed E-state index contributed by atoms with van der Waals surface area (Å²) in [5.41, 5.74) is 5.34. The molecule has 0 saturated carbocycles. The lowest BCUT2D eigenvalue weighted by atomic mass is 10.0. The lowest BCUT2D eigenvalue weighted by Gasteiger charge is -2.18. The zero-order chi connectivity index (χ0) is 20.6. The molecule has 11 heteroatoms. The van der Waals surface area contributed by atoms with Crippen LogP contribution in [0.4, 0.5) is 24.7 Å². The minimum absolute atomic E-state index is 0.0172. The highest BCUT2D eigenvalue weighted by Gasteiger charge is 2.31. The van der Waals surface area contributed by atoms with Gasteiger partial charge in [0.15, 0.2) is 17.2 Å². The summed E-state index contributed by atoms with van der Waals surface area (Å²) in [6, 6.07) is 2.68. The van der Waals surface area contributed by atoms with Crippen LogP contribution >= 0.6 is 11.6 Å². The van der Waals surface area contributed by atoms with Gasteiger partial charge in [0.1, 0.15) is 5.15 Å². The smallest absolute Gasteiger partial charge is 0.416 e. The van der Waals surface area contributed by atoms with Gasteiger partial charge < -0.3 is 20.2 Å². The Bertz CT molecular complexity index is 1050. The number of carbonyl (C=O) groups is 1. The molecule has 0 aliphatic heterocycles. The fraction of sp³-hybridized carbons (Fsp3) is 0.235. The summed E-state index contributed by atoms with van der Waals surface area (Å²) in [6.45, 7) is 1.64. The molecule has 0 aliphatic carbocycles. The van der Waals surface area contributed by atoms with E-state index in [1.807, 2.05) is 0 Å². The number of aromatic nitrogens is 3. The zero-order valence-corrected chi connectivity index (χ0v) is 15.5. The standard InChI is InChI=1S/C17H15ClF3N5O2/c1-8(9-3-10(17(19,20)21)5-11(22)4-9)23-14-15-24-12(16(27)28-2)6-26(15)7-13(18)25-14/h3-8H,22H2,1-2H3,(H,23,25)/t8-/m1/s1. The van der Waals surface area contributed by atoms with Crippen molar-refractivity contribution < 1.29 is 22.7 Å². The molecule has 148 valence electrons. The lowest BCUT2D eigenvalue weighted by molar-refractivity contribution is -0.137. The van der Waals surface area contributed by atoms with E-state index in [0.29, 0.717) is 5.56 Å². The van der Waals surface area contributed by atoms with Crippen molar-refractivity contribution in [3.63, 3.8) is 0 Å². The van der Waals surface area contributed by atoms with E-state index in [9.17, 15) is 18.0 Å². The Morgan fingerprint density at radius 3 is 2.64 bits per heavy atom. The van der Waals surface area contributed by atoms with Crippen LogP contribution in [-0.2, 0) is 10.9 Å². The number of rotatable bonds is 4. The van der Waals surface area contributed by atoms with Crippen LogP contribution in [-0.4, -0.2) is 27.4 Å². The van der Waals surface area contributed by atoms with E-state index < -0.39 is 23.8 Å². The molecule has 0 unspecified atom stereocenters. The fourth-order valence-corrected chi connectivity index (χ4v) is 2.84. The number of halogens is 4. The second-order valence-corrected chi connectivity index (χ2v) is 6.40. The largest absolute Gasteiger partial charge is 0.464 e. The van der Waals surface area contributed by atoms with Crippen LogP contribution in [0.25, 0.3) is 5.65 Å². The molecule has 7 nitrogen and oxygen atoms in total. The van der Waals surface area contributed by atoms with Gasteiger partial charge in [-0.3, -0.25) is 0 Å². The van der Waals surface area contributed by atoms with Crippen molar-refractivity contribution in [2.75, 3.05) is 18.2 Å². The summed E-state index contributed by atoms with van der Waals surface area (Å²) in [5, 5.41) is 3.06. The average Bonchev–Trinajstić information content (AvgIpc) is 3.03. The first-order chi connectivity index (χ1) is 13.1. The van der Waals surface area contributed by atoms with Crippen LogP contribution in [0.15, 0.2) is 30.6 Å². The van der Waals surface area contributed by atoms with Crippen LogP contribution < -0.4 is 11.1 Å². The van der Waals surface area contributed by atoms with Crippen molar-refractivity contribution in [3.05, 3.63) is 52.6 Å². The zero-order valence-electron chi connectivity index (χ0n) is 14.7. The first kappa shape index (κ1) is 19.7. The third-order valence-corrected chi connectivity index (χ3v) is 4.14. The molecule has 3 aromatic rings. The van der Waals surface area contributed by atoms with Crippen molar-refractivity contribution in [3.8, 4) is 0 Å². The van der Waals surface area contributed by atoms with Gasteiger partial charge in [-0.2, -0.15) is 13.2 Å². The van der Waals surface area contributed by atoms with E-state index >= 15 is 0 Å². The predicted octanol–water partition coefficient (Wildman–Crippen LogP) is 3.94. The Balaban J connectivity index is 1.99. The summed E-state index contributed by atoms with van der Waals surface area (Å²) in [6.07, 6.45) is -1.68. The molecule has 1 atom stereocenters. The number of nitrogens with two attached hydrogens (primary N) is 1. The van der Waals surface area contributed by atoms with Gasteiger partial charge in [-0.05, 0) is 30.7 Å². The van der Waals surface area contributed by atoms with Gasteiger partial charge in [0.2, 0.25) is 0 Å². The summed E-state index contributed by atoms with van der Waals surface area (Å²) in [7, 11) is 1.22. The number of esters is 1. The third-order valence-electron chi connectivity index (χ3n) is 3.96. The third kappa shape index (κ3) is 3.96. The molecule has 2 heterocycles. The van der Waals surface area contributed by atoms with Crippen LogP contribution in [0.2, 0.25) is 5.15 Å². The minimum atomic E-state index is -4.52. The van der Waals surface area contributed by atoms with Gasteiger partial charge in [0.25, 0.3) is 0 Å². The monoisotopic (exact) mass is 413 g/mol. The Hall–Kier alpha value is -3.01. The highest BCUT2D eigenvalue weighted by Crippen LogP contribution is 2.33. The molecule has 1 aromatic carbocycles. The fourth-order valence-electron chi connectivity index (χ4n) is 2.65. The molecule has 3 N–H and O–H groups in total. The molecule has 0 fully saturated rings. The molecular weight excluding hydrogens is 399 g/mol. The van der Waals surface area contributed by atoms with Gasteiger partial charge in [-0.1, -0.05) is 11.6 Å². The first-order valence-corrected chi connectivity index (χ1v) is 8.34. The second kappa shape index (κ2) is 7.19. The predicted molar refractivity (Wildman–Crippen MR) is 97.2 cm³/mol. The van der Waals surface area contributed by atoms with Crippen molar-refractivity contribution in [1.29, 1.82) is 0 Å².